The van der Waals surface area contributed by atoms with Gasteiger partial charge in [-0.25, -0.2) is 0 Å². The van der Waals surface area contributed by atoms with Crippen molar-refractivity contribution in [3.8, 4) is 0 Å². The largest absolute Gasteiger partial charge is 0.269 e. The quantitative estimate of drug-likeness (QED) is 0.664. The van der Waals surface area contributed by atoms with E-state index in [1.54, 1.807) is 0 Å². The lowest BCUT2D eigenvalue weighted by molar-refractivity contribution is 0.594. The van der Waals surface area contributed by atoms with E-state index in [0.29, 0.717) is 11.8 Å². The molecule has 0 bridgehead atoms. The summed E-state index contributed by atoms with van der Waals surface area (Å²) in [4.78, 5) is 0. The highest BCUT2D eigenvalue weighted by Gasteiger charge is 2.08. The SMILES string of the molecule is CCn1nc(CCl)cc1C(C)C. The lowest BCUT2D eigenvalue weighted by Gasteiger charge is -2.06. The van der Waals surface area contributed by atoms with Crippen molar-refractivity contribution in [2.24, 2.45) is 0 Å². The highest BCUT2D eigenvalue weighted by atomic mass is 35.5. The van der Waals surface area contributed by atoms with Gasteiger partial charge in [0.2, 0.25) is 0 Å². The van der Waals surface area contributed by atoms with Crippen molar-refractivity contribution in [1.82, 2.24) is 9.78 Å². The maximum Gasteiger partial charge on any atom is 0.0775 e. The van der Waals surface area contributed by atoms with Gasteiger partial charge in [-0.1, -0.05) is 13.8 Å². The van der Waals surface area contributed by atoms with Crippen molar-refractivity contribution in [1.29, 1.82) is 0 Å². The zero-order valence-corrected chi connectivity index (χ0v) is 8.60. The van der Waals surface area contributed by atoms with Crippen molar-refractivity contribution < 1.29 is 0 Å². The summed E-state index contributed by atoms with van der Waals surface area (Å²) < 4.78 is 2.02. The molecule has 0 amide bonds. The van der Waals surface area contributed by atoms with Gasteiger partial charge in [0, 0.05) is 12.2 Å². The monoisotopic (exact) mass is 186 g/mol. The average Bonchev–Trinajstić information content (AvgIpc) is 2.47. The zero-order valence-electron chi connectivity index (χ0n) is 7.84. The fraction of sp³-hybridized carbons (Fsp3) is 0.667. The Morgan fingerprint density at radius 3 is 2.58 bits per heavy atom. The van der Waals surface area contributed by atoms with Crippen LogP contribution in [-0.2, 0) is 12.4 Å². The second kappa shape index (κ2) is 3.94. The number of alkyl halides is 1. The number of halogens is 1. The molecule has 0 N–H and O–H groups in total. The fourth-order valence-corrected chi connectivity index (χ4v) is 1.40. The van der Waals surface area contributed by atoms with Crippen LogP contribution in [0.15, 0.2) is 6.07 Å². The third kappa shape index (κ3) is 1.81. The molecule has 68 valence electrons. The Balaban J connectivity index is 3.00. The average molecular weight is 187 g/mol. The van der Waals surface area contributed by atoms with E-state index in [9.17, 15) is 0 Å². The summed E-state index contributed by atoms with van der Waals surface area (Å²) in [7, 11) is 0. The topological polar surface area (TPSA) is 17.8 Å². The molecule has 1 aromatic rings. The standard InChI is InChI=1S/C9H15ClN2/c1-4-12-9(7(2)3)5-8(6-10)11-12/h5,7H,4,6H2,1-3H3. The van der Waals surface area contributed by atoms with Crippen LogP contribution in [0.5, 0.6) is 0 Å². The van der Waals surface area contributed by atoms with Gasteiger partial charge in [0.25, 0.3) is 0 Å². The van der Waals surface area contributed by atoms with Crippen LogP contribution in [0.1, 0.15) is 38.1 Å². The number of hydrogen-bond donors (Lipinski definition) is 0. The molecule has 0 atom stereocenters. The molecule has 0 aliphatic carbocycles. The normalized spacial score (nSPS) is 11.1. The number of rotatable bonds is 3. The summed E-state index contributed by atoms with van der Waals surface area (Å²) >= 11 is 5.70. The summed E-state index contributed by atoms with van der Waals surface area (Å²) in [5.41, 5.74) is 2.25. The Labute approximate surface area is 78.5 Å². The molecular formula is C9H15ClN2. The third-order valence-electron chi connectivity index (χ3n) is 1.89. The minimum atomic E-state index is 0.507. The first-order valence-electron chi connectivity index (χ1n) is 4.31. The maximum absolute atomic E-state index is 5.70. The summed E-state index contributed by atoms with van der Waals surface area (Å²) in [5, 5.41) is 4.35. The molecular weight excluding hydrogens is 172 g/mol. The Kier molecular flexibility index (Phi) is 3.15. The molecule has 0 spiro atoms. The minimum Gasteiger partial charge on any atom is -0.269 e. The van der Waals surface area contributed by atoms with Gasteiger partial charge >= 0.3 is 0 Å². The van der Waals surface area contributed by atoms with Crippen LogP contribution in [0, 0.1) is 0 Å². The number of aromatic nitrogens is 2. The van der Waals surface area contributed by atoms with Crippen molar-refractivity contribution in [3.05, 3.63) is 17.5 Å². The predicted octanol–water partition coefficient (Wildman–Crippen LogP) is 2.77. The van der Waals surface area contributed by atoms with Gasteiger partial charge in [0.1, 0.15) is 0 Å². The number of aryl methyl sites for hydroxylation is 1. The fourth-order valence-electron chi connectivity index (χ4n) is 1.27. The maximum atomic E-state index is 5.70. The number of hydrogen-bond acceptors (Lipinski definition) is 1. The zero-order chi connectivity index (χ0) is 9.14. The van der Waals surface area contributed by atoms with Crippen molar-refractivity contribution in [2.75, 3.05) is 0 Å². The van der Waals surface area contributed by atoms with Crippen LogP contribution in [0.25, 0.3) is 0 Å². The second-order valence-corrected chi connectivity index (χ2v) is 3.43. The minimum absolute atomic E-state index is 0.507. The summed E-state index contributed by atoms with van der Waals surface area (Å²) in [6.45, 7) is 7.35. The third-order valence-corrected chi connectivity index (χ3v) is 2.16. The molecule has 1 aromatic heterocycles. The predicted molar refractivity (Wildman–Crippen MR) is 51.5 cm³/mol. The first-order valence-corrected chi connectivity index (χ1v) is 4.85. The van der Waals surface area contributed by atoms with Gasteiger partial charge in [-0.05, 0) is 18.9 Å². The van der Waals surface area contributed by atoms with E-state index in [1.165, 1.54) is 5.69 Å². The van der Waals surface area contributed by atoms with Crippen molar-refractivity contribution >= 4 is 11.6 Å². The summed E-state index contributed by atoms with van der Waals surface area (Å²) in [6.07, 6.45) is 0. The molecule has 0 aliphatic heterocycles. The van der Waals surface area contributed by atoms with E-state index < -0.39 is 0 Å². The van der Waals surface area contributed by atoms with Crippen molar-refractivity contribution in [2.45, 2.75) is 39.1 Å². The molecule has 0 unspecified atom stereocenters. The first-order chi connectivity index (χ1) is 5.69. The Hall–Kier alpha value is -0.500. The molecule has 12 heavy (non-hydrogen) atoms. The Morgan fingerprint density at radius 1 is 1.58 bits per heavy atom. The highest BCUT2D eigenvalue weighted by Crippen LogP contribution is 2.16. The molecule has 1 heterocycles. The summed E-state index contributed by atoms with van der Waals surface area (Å²) in [6, 6.07) is 2.08. The molecule has 0 aliphatic rings. The summed E-state index contributed by atoms with van der Waals surface area (Å²) in [5.74, 6) is 1.03. The van der Waals surface area contributed by atoms with Gasteiger partial charge < -0.3 is 0 Å². The van der Waals surface area contributed by atoms with Gasteiger partial charge in [-0.2, -0.15) is 5.10 Å². The second-order valence-electron chi connectivity index (χ2n) is 3.16. The lowest BCUT2D eigenvalue weighted by atomic mass is 10.1. The Morgan fingerprint density at radius 2 is 2.25 bits per heavy atom. The van der Waals surface area contributed by atoms with Crippen LogP contribution in [0.4, 0.5) is 0 Å². The van der Waals surface area contributed by atoms with Gasteiger partial charge in [-0.3, -0.25) is 4.68 Å². The molecule has 3 heteroatoms. The van der Waals surface area contributed by atoms with Gasteiger partial charge in [0.05, 0.1) is 11.6 Å². The molecule has 2 nitrogen and oxygen atoms in total. The van der Waals surface area contributed by atoms with E-state index in [4.69, 9.17) is 11.6 Å². The lowest BCUT2D eigenvalue weighted by Crippen LogP contribution is -2.03. The van der Waals surface area contributed by atoms with Gasteiger partial charge in [0.15, 0.2) is 0 Å². The van der Waals surface area contributed by atoms with Crippen LogP contribution >= 0.6 is 11.6 Å². The van der Waals surface area contributed by atoms with Crippen LogP contribution in [0.3, 0.4) is 0 Å². The molecule has 0 fully saturated rings. The van der Waals surface area contributed by atoms with Crippen molar-refractivity contribution in [3.63, 3.8) is 0 Å². The molecule has 1 rings (SSSR count). The van der Waals surface area contributed by atoms with E-state index >= 15 is 0 Å². The van der Waals surface area contributed by atoms with E-state index in [-0.39, 0.29) is 0 Å². The van der Waals surface area contributed by atoms with Gasteiger partial charge in [-0.15, -0.1) is 11.6 Å². The van der Waals surface area contributed by atoms with Crippen LogP contribution in [0.2, 0.25) is 0 Å². The van der Waals surface area contributed by atoms with E-state index in [0.717, 1.165) is 12.2 Å². The van der Waals surface area contributed by atoms with E-state index in [1.807, 2.05) is 4.68 Å². The molecule has 0 radical (unpaired) electrons. The molecule has 0 saturated heterocycles. The first kappa shape index (κ1) is 9.59. The number of nitrogens with zero attached hydrogens (tertiary/aromatic N) is 2. The van der Waals surface area contributed by atoms with E-state index in [2.05, 4.69) is 31.9 Å². The van der Waals surface area contributed by atoms with Crippen LogP contribution in [-0.4, -0.2) is 9.78 Å². The highest BCUT2D eigenvalue weighted by molar-refractivity contribution is 6.16. The van der Waals surface area contributed by atoms with Crippen LogP contribution < -0.4 is 0 Å². The smallest absolute Gasteiger partial charge is 0.0775 e. The molecule has 0 saturated carbocycles. The molecule has 0 aromatic carbocycles. The Bertz CT molecular complexity index is 253.